The molecule has 0 aromatic heterocycles. The van der Waals surface area contributed by atoms with Gasteiger partial charge in [-0.25, -0.2) is 0 Å². The number of piperidine rings is 1. The van der Waals surface area contributed by atoms with E-state index in [1.165, 1.54) is 5.56 Å². The Morgan fingerprint density at radius 2 is 1.35 bits per heavy atom. The van der Waals surface area contributed by atoms with Gasteiger partial charge in [-0.2, -0.15) is 0 Å². The molecule has 1 fully saturated rings. The van der Waals surface area contributed by atoms with Crippen LogP contribution in [-0.4, -0.2) is 47.8 Å². The first-order valence-electron chi connectivity index (χ1n) is 12.1. The number of ketones is 2. The number of carbonyl (C=O) groups is 2. The number of likely N-dealkylation sites (tertiary alicyclic amines) is 1. The smallest absolute Gasteiger partial charge is 0.167 e. The van der Waals surface area contributed by atoms with Gasteiger partial charge in [0.15, 0.2) is 11.6 Å². The molecular weight excluding hydrogens is 422 g/mol. The molecule has 1 heterocycles. The predicted molar refractivity (Wildman–Crippen MR) is 135 cm³/mol. The summed E-state index contributed by atoms with van der Waals surface area (Å²) in [6, 6.07) is 27.1. The molecule has 3 aromatic carbocycles. The highest BCUT2D eigenvalue weighted by atomic mass is 16.3. The molecule has 0 bridgehead atoms. The Balaban J connectivity index is 1.83. The number of benzene rings is 3. The predicted octanol–water partition coefficient (Wildman–Crippen LogP) is 5.20. The molecule has 4 nitrogen and oxygen atoms in total. The first-order valence-corrected chi connectivity index (χ1v) is 12.1. The van der Waals surface area contributed by atoms with Crippen molar-refractivity contribution in [1.82, 2.24) is 4.90 Å². The number of aliphatic hydroxyl groups excluding tert-OH is 1. The van der Waals surface area contributed by atoms with E-state index in [0.717, 1.165) is 5.56 Å². The minimum atomic E-state index is -0.386. The molecule has 3 aromatic rings. The molecule has 0 aliphatic carbocycles. The molecule has 1 unspecified atom stereocenters. The molecule has 4 heteroatoms. The van der Waals surface area contributed by atoms with Crippen LogP contribution in [0.5, 0.6) is 0 Å². The number of hydrogen-bond acceptors (Lipinski definition) is 4. The Morgan fingerprint density at radius 1 is 0.824 bits per heavy atom. The lowest BCUT2D eigenvalue weighted by Gasteiger charge is -2.43. The zero-order valence-corrected chi connectivity index (χ0v) is 19.9. The Kier molecular flexibility index (Phi) is 7.71. The Bertz CT molecular complexity index is 1050. The normalized spacial score (nSPS) is 20.9. The van der Waals surface area contributed by atoms with Crippen LogP contribution in [0.4, 0.5) is 0 Å². The van der Waals surface area contributed by atoms with Crippen molar-refractivity contribution < 1.29 is 14.7 Å². The van der Waals surface area contributed by atoms with Crippen LogP contribution in [0.2, 0.25) is 0 Å². The Hall–Kier alpha value is -3.08. The van der Waals surface area contributed by atoms with Crippen molar-refractivity contribution in [1.29, 1.82) is 0 Å². The minimum absolute atomic E-state index is 0.00794. The number of Topliss-reactive ketones (excluding diaryl/α,β-unsaturated/α-hetero) is 2. The molecule has 0 saturated carbocycles. The van der Waals surface area contributed by atoms with Crippen molar-refractivity contribution in [3.05, 3.63) is 107 Å². The fraction of sp³-hybridized carbons (Fsp3) is 0.333. The molecule has 1 aliphatic rings. The van der Waals surface area contributed by atoms with E-state index in [-0.39, 0.29) is 35.9 Å². The van der Waals surface area contributed by atoms with Crippen LogP contribution in [0.3, 0.4) is 0 Å². The van der Waals surface area contributed by atoms with Gasteiger partial charge in [0.1, 0.15) is 0 Å². The van der Waals surface area contributed by atoms with Gasteiger partial charge in [-0.15, -0.1) is 0 Å². The largest absolute Gasteiger partial charge is 0.395 e. The van der Waals surface area contributed by atoms with Crippen LogP contribution >= 0.6 is 0 Å². The zero-order valence-electron chi connectivity index (χ0n) is 19.9. The molecule has 176 valence electrons. The Morgan fingerprint density at radius 3 is 1.82 bits per heavy atom. The van der Waals surface area contributed by atoms with Gasteiger partial charge >= 0.3 is 0 Å². The molecule has 4 rings (SSSR count). The van der Waals surface area contributed by atoms with Crippen LogP contribution in [0.25, 0.3) is 0 Å². The molecule has 3 atom stereocenters. The van der Waals surface area contributed by atoms with E-state index in [0.29, 0.717) is 36.7 Å². The van der Waals surface area contributed by atoms with Crippen LogP contribution in [0.15, 0.2) is 84.9 Å². The number of carbonyl (C=O) groups excluding carboxylic acids is 2. The fourth-order valence-electron chi connectivity index (χ4n) is 5.18. The number of hydrogen-bond donors (Lipinski definition) is 1. The van der Waals surface area contributed by atoms with E-state index in [9.17, 15) is 14.7 Å². The number of nitrogens with zero attached hydrogens (tertiary/aromatic N) is 1. The maximum absolute atomic E-state index is 13.9. The first kappa shape index (κ1) is 24.1. The van der Waals surface area contributed by atoms with Crippen molar-refractivity contribution in [3.63, 3.8) is 0 Å². The van der Waals surface area contributed by atoms with Gasteiger partial charge in [-0.3, -0.25) is 14.5 Å². The lowest BCUT2D eigenvalue weighted by Crippen LogP contribution is -2.51. The second-order valence-electron chi connectivity index (χ2n) is 9.51. The molecule has 1 N–H and O–H groups in total. The maximum atomic E-state index is 13.9. The van der Waals surface area contributed by atoms with E-state index in [2.05, 4.69) is 36.9 Å². The van der Waals surface area contributed by atoms with E-state index in [1.807, 2.05) is 66.7 Å². The van der Waals surface area contributed by atoms with E-state index in [1.54, 1.807) is 0 Å². The number of rotatable bonds is 8. The van der Waals surface area contributed by atoms with Gasteiger partial charge in [0.25, 0.3) is 0 Å². The van der Waals surface area contributed by atoms with Gasteiger partial charge in [-0.05, 0) is 17.0 Å². The molecule has 0 amide bonds. The number of aliphatic hydroxyl groups is 1. The maximum Gasteiger partial charge on any atom is 0.167 e. The summed E-state index contributed by atoms with van der Waals surface area (Å²) in [6.45, 7) is 5.78. The third-order valence-electron chi connectivity index (χ3n) is 6.95. The van der Waals surface area contributed by atoms with Crippen molar-refractivity contribution in [2.45, 2.75) is 25.7 Å². The monoisotopic (exact) mass is 455 g/mol. The third kappa shape index (κ3) is 5.19. The van der Waals surface area contributed by atoms with Crippen molar-refractivity contribution in [2.24, 2.45) is 11.8 Å². The van der Waals surface area contributed by atoms with Crippen molar-refractivity contribution >= 4 is 11.6 Å². The SMILES string of the molecule is CC(C)c1cccc(C2[C@@H](C(=O)c3ccccc3)CN(CCO)C[C@H]2C(=O)c2ccccc2)c1. The van der Waals surface area contributed by atoms with Gasteiger partial charge in [-0.1, -0.05) is 98.8 Å². The second kappa shape index (κ2) is 10.9. The molecule has 0 spiro atoms. The summed E-state index contributed by atoms with van der Waals surface area (Å²) in [4.78, 5) is 29.8. The summed E-state index contributed by atoms with van der Waals surface area (Å²) in [5.41, 5.74) is 3.56. The highest BCUT2D eigenvalue weighted by molar-refractivity contribution is 6.02. The number of β-amino-alcohol motifs (C(OH)–C–C–N with tert-alkyl or cyclic N) is 1. The minimum Gasteiger partial charge on any atom is -0.395 e. The molecular formula is C30H33NO3. The summed E-state index contributed by atoms with van der Waals surface area (Å²) in [5, 5.41) is 9.67. The summed E-state index contributed by atoms with van der Waals surface area (Å²) in [5.74, 6) is -0.566. The average molecular weight is 456 g/mol. The summed E-state index contributed by atoms with van der Waals surface area (Å²) >= 11 is 0. The molecule has 1 saturated heterocycles. The van der Waals surface area contributed by atoms with E-state index >= 15 is 0 Å². The van der Waals surface area contributed by atoms with Gasteiger partial charge in [0.2, 0.25) is 0 Å². The van der Waals surface area contributed by atoms with Gasteiger partial charge < -0.3 is 5.11 Å². The Labute approximate surface area is 202 Å². The fourth-order valence-corrected chi connectivity index (χ4v) is 5.18. The van der Waals surface area contributed by atoms with E-state index < -0.39 is 0 Å². The third-order valence-corrected chi connectivity index (χ3v) is 6.95. The topological polar surface area (TPSA) is 57.6 Å². The first-order chi connectivity index (χ1) is 16.5. The molecule has 0 radical (unpaired) electrons. The van der Waals surface area contributed by atoms with Gasteiger partial charge in [0.05, 0.1) is 6.61 Å². The van der Waals surface area contributed by atoms with Crippen LogP contribution < -0.4 is 0 Å². The summed E-state index contributed by atoms with van der Waals surface area (Å²) < 4.78 is 0. The lowest BCUT2D eigenvalue weighted by atomic mass is 9.68. The van der Waals surface area contributed by atoms with Crippen LogP contribution in [0, 0.1) is 11.8 Å². The van der Waals surface area contributed by atoms with Crippen LogP contribution in [-0.2, 0) is 0 Å². The van der Waals surface area contributed by atoms with Crippen molar-refractivity contribution in [3.8, 4) is 0 Å². The van der Waals surface area contributed by atoms with E-state index in [4.69, 9.17) is 0 Å². The highest BCUT2D eigenvalue weighted by Gasteiger charge is 2.44. The molecule has 1 aliphatic heterocycles. The zero-order chi connectivity index (χ0) is 24.1. The standard InChI is InChI=1S/C30H33NO3/c1-21(2)24-14-9-15-25(18-24)28-26(29(33)22-10-5-3-6-11-22)19-31(16-17-32)20-27(28)30(34)23-12-7-4-8-13-23/h3-15,18,21,26-28,32H,16-17,19-20H2,1-2H3/t26-,27+,28?. The average Bonchev–Trinajstić information content (AvgIpc) is 2.88. The summed E-state index contributed by atoms with van der Waals surface area (Å²) in [6.07, 6.45) is 0. The molecule has 34 heavy (non-hydrogen) atoms. The van der Waals surface area contributed by atoms with Crippen LogP contribution in [0.1, 0.15) is 57.5 Å². The lowest BCUT2D eigenvalue weighted by molar-refractivity contribution is 0.0530. The van der Waals surface area contributed by atoms with Gasteiger partial charge in [0, 0.05) is 48.5 Å². The second-order valence-corrected chi connectivity index (χ2v) is 9.51. The van der Waals surface area contributed by atoms with Crippen molar-refractivity contribution in [2.75, 3.05) is 26.2 Å². The summed E-state index contributed by atoms with van der Waals surface area (Å²) in [7, 11) is 0. The quantitative estimate of drug-likeness (QED) is 0.475. The highest BCUT2D eigenvalue weighted by Crippen LogP contribution is 2.41.